The first kappa shape index (κ1) is 14.7. The number of aryl methyl sites for hydroxylation is 1. The van der Waals surface area contributed by atoms with E-state index in [-0.39, 0.29) is 5.78 Å². The van der Waals surface area contributed by atoms with E-state index in [4.69, 9.17) is 9.47 Å². The van der Waals surface area contributed by atoms with Crippen LogP contribution in [0.2, 0.25) is 0 Å². The number of carbonyl (C=O) groups is 1. The Morgan fingerprint density at radius 1 is 1.00 bits per heavy atom. The number of hydrogen-bond acceptors (Lipinski definition) is 3. The quantitative estimate of drug-likeness (QED) is 0.639. The third-order valence-corrected chi connectivity index (χ3v) is 3.06. The highest BCUT2D eigenvalue weighted by Crippen LogP contribution is 2.27. The minimum atomic E-state index is -0.225. The Bertz CT molecular complexity index is 706. The molecule has 2 rings (SSSR count). The van der Waals surface area contributed by atoms with Gasteiger partial charge < -0.3 is 9.47 Å². The minimum absolute atomic E-state index is 0.225. The lowest BCUT2D eigenvalue weighted by atomic mass is 10.1. The molecular formula is C18H16O3. The number of ether oxygens (including phenoxy) is 2. The van der Waals surface area contributed by atoms with Crippen LogP contribution in [-0.4, -0.2) is 20.0 Å². The van der Waals surface area contributed by atoms with E-state index in [9.17, 15) is 4.79 Å². The molecule has 0 spiro atoms. The van der Waals surface area contributed by atoms with Crippen molar-refractivity contribution in [3.63, 3.8) is 0 Å². The molecule has 0 aliphatic rings. The Hall–Kier alpha value is -2.73. The van der Waals surface area contributed by atoms with Crippen LogP contribution in [0.5, 0.6) is 11.5 Å². The second kappa shape index (κ2) is 6.62. The largest absolute Gasteiger partial charge is 0.496 e. The van der Waals surface area contributed by atoms with Crippen molar-refractivity contribution in [1.82, 2.24) is 0 Å². The number of Topliss-reactive ketones (excluding diaryl/α,β-unsaturated/α-hetero) is 1. The standard InChI is InChI=1S/C18H16O3/c1-13-11-18(21-3)15(12-17(13)20-2)9-10-16(19)14-7-5-4-6-8-14/h4-8,11-12H,1-3H3. The molecule has 0 aromatic heterocycles. The molecule has 0 bridgehead atoms. The van der Waals surface area contributed by atoms with Gasteiger partial charge in [0.2, 0.25) is 5.78 Å². The Labute approximate surface area is 124 Å². The number of carbonyl (C=O) groups excluding carboxylic acids is 1. The predicted molar refractivity (Wildman–Crippen MR) is 81.9 cm³/mol. The normalized spacial score (nSPS) is 9.48. The topological polar surface area (TPSA) is 35.5 Å². The van der Waals surface area contributed by atoms with Gasteiger partial charge in [-0.1, -0.05) is 36.3 Å². The molecule has 0 aliphatic heterocycles. The van der Waals surface area contributed by atoms with Crippen LogP contribution in [0.3, 0.4) is 0 Å². The highest BCUT2D eigenvalue weighted by Gasteiger charge is 2.07. The van der Waals surface area contributed by atoms with E-state index in [1.54, 1.807) is 32.4 Å². The highest BCUT2D eigenvalue weighted by atomic mass is 16.5. The summed E-state index contributed by atoms with van der Waals surface area (Å²) in [6.45, 7) is 1.92. The number of benzene rings is 2. The molecule has 2 aromatic rings. The van der Waals surface area contributed by atoms with Gasteiger partial charge >= 0.3 is 0 Å². The SMILES string of the molecule is COc1cc(C#CC(=O)c2ccccc2)c(OC)cc1C. The van der Waals surface area contributed by atoms with Gasteiger partial charge in [0.25, 0.3) is 0 Å². The van der Waals surface area contributed by atoms with E-state index in [0.29, 0.717) is 22.6 Å². The summed E-state index contributed by atoms with van der Waals surface area (Å²) in [6, 6.07) is 12.6. The molecular weight excluding hydrogens is 264 g/mol. The van der Waals surface area contributed by atoms with E-state index in [2.05, 4.69) is 11.8 Å². The maximum atomic E-state index is 12.0. The monoisotopic (exact) mass is 280 g/mol. The van der Waals surface area contributed by atoms with Gasteiger partial charge in [-0.15, -0.1) is 0 Å². The molecule has 0 saturated heterocycles. The molecule has 0 saturated carbocycles. The fourth-order valence-electron chi connectivity index (χ4n) is 1.93. The lowest BCUT2D eigenvalue weighted by Gasteiger charge is -2.09. The molecule has 0 fully saturated rings. The van der Waals surface area contributed by atoms with Crippen LogP contribution in [0.25, 0.3) is 0 Å². The Balaban J connectivity index is 2.36. The zero-order valence-electron chi connectivity index (χ0n) is 12.3. The summed E-state index contributed by atoms with van der Waals surface area (Å²) in [6.07, 6.45) is 0. The maximum absolute atomic E-state index is 12.0. The molecule has 0 amide bonds. The molecule has 0 N–H and O–H groups in total. The predicted octanol–water partition coefficient (Wildman–Crippen LogP) is 3.25. The van der Waals surface area contributed by atoms with E-state index < -0.39 is 0 Å². The molecule has 0 heterocycles. The first-order chi connectivity index (χ1) is 10.2. The van der Waals surface area contributed by atoms with Crippen LogP contribution in [0, 0.1) is 18.8 Å². The van der Waals surface area contributed by atoms with Gasteiger partial charge in [0.1, 0.15) is 11.5 Å². The van der Waals surface area contributed by atoms with Crippen LogP contribution in [0.15, 0.2) is 42.5 Å². The van der Waals surface area contributed by atoms with Gasteiger partial charge in [-0.2, -0.15) is 0 Å². The second-order valence-electron chi connectivity index (χ2n) is 4.47. The summed E-state index contributed by atoms with van der Waals surface area (Å²) in [7, 11) is 3.17. The van der Waals surface area contributed by atoms with E-state index in [0.717, 1.165) is 5.56 Å². The summed E-state index contributed by atoms with van der Waals surface area (Å²) >= 11 is 0. The zero-order valence-corrected chi connectivity index (χ0v) is 12.3. The van der Waals surface area contributed by atoms with Crippen molar-refractivity contribution in [1.29, 1.82) is 0 Å². The van der Waals surface area contributed by atoms with Gasteiger partial charge in [-0.3, -0.25) is 4.79 Å². The van der Waals surface area contributed by atoms with Crippen LogP contribution in [0.1, 0.15) is 21.5 Å². The van der Waals surface area contributed by atoms with Crippen molar-refractivity contribution in [2.24, 2.45) is 0 Å². The van der Waals surface area contributed by atoms with Crippen molar-refractivity contribution in [2.45, 2.75) is 6.92 Å². The summed E-state index contributed by atoms with van der Waals surface area (Å²) < 4.78 is 10.6. The van der Waals surface area contributed by atoms with Crippen molar-refractivity contribution in [3.8, 4) is 23.3 Å². The van der Waals surface area contributed by atoms with Crippen LogP contribution in [0.4, 0.5) is 0 Å². The Morgan fingerprint density at radius 2 is 1.67 bits per heavy atom. The smallest absolute Gasteiger partial charge is 0.236 e. The van der Waals surface area contributed by atoms with E-state index in [1.165, 1.54) is 0 Å². The summed E-state index contributed by atoms with van der Waals surface area (Å²) in [4.78, 5) is 12.0. The minimum Gasteiger partial charge on any atom is -0.496 e. The first-order valence-electron chi connectivity index (χ1n) is 6.49. The molecule has 3 nitrogen and oxygen atoms in total. The molecule has 2 aromatic carbocycles. The van der Waals surface area contributed by atoms with Crippen molar-refractivity contribution < 1.29 is 14.3 Å². The molecule has 21 heavy (non-hydrogen) atoms. The molecule has 106 valence electrons. The number of ketones is 1. The lowest BCUT2D eigenvalue weighted by molar-refractivity contribution is 0.105. The fourth-order valence-corrected chi connectivity index (χ4v) is 1.93. The number of methoxy groups -OCH3 is 2. The fraction of sp³-hybridized carbons (Fsp3) is 0.167. The third-order valence-electron chi connectivity index (χ3n) is 3.06. The van der Waals surface area contributed by atoms with Crippen LogP contribution < -0.4 is 9.47 Å². The number of rotatable bonds is 3. The van der Waals surface area contributed by atoms with E-state index >= 15 is 0 Å². The maximum Gasteiger partial charge on any atom is 0.236 e. The molecule has 3 heteroatoms. The Kier molecular flexibility index (Phi) is 4.63. The van der Waals surface area contributed by atoms with Crippen molar-refractivity contribution in [2.75, 3.05) is 14.2 Å². The van der Waals surface area contributed by atoms with Crippen molar-refractivity contribution >= 4 is 5.78 Å². The van der Waals surface area contributed by atoms with Gasteiger partial charge in [-0.25, -0.2) is 0 Å². The zero-order chi connectivity index (χ0) is 15.2. The van der Waals surface area contributed by atoms with Crippen LogP contribution in [-0.2, 0) is 0 Å². The Morgan fingerprint density at radius 3 is 2.29 bits per heavy atom. The van der Waals surface area contributed by atoms with E-state index in [1.807, 2.05) is 31.2 Å². The molecule has 0 unspecified atom stereocenters. The average molecular weight is 280 g/mol. The molecule has 0 atom stereocenters. The first-order valence-corrected chi connectivity index (χ1v) is 6.49. The average Bonchev–Trinajstić information content (AvgIpc) is 2.53. The van der Waals surface area contributed by atoms with Gasteiger partial charge in [0.15, 0.2) is 0 Å². The number of hydrogen-bond donors (Lipinski definition) is 0. The summed E-state index contributed by atoms with van der Waals surface area (Å²) in [5.74, 6) is 6.61. The highest BCUT2D eigenvalue weighted by molar-refractivity contribution is 6.09. The third kappa shape index (κ3) is 3.43. The van der Waals surface area contributed by atoms with Gasteiger partial charge in [-0.05, 0) is 30.5 Å². The molecule has 0 radical (unpaired) electrons. The summed E-state index contributed by atoms with van der Waals surface area (Å²) in [5.41, 5.74) is 2.15. The van der Waals surface area contributed by atoms with Gasteiger partial charge in [0, 0.05) is 5.56 Å². The van der Waals surface area contributed by atoms with Crippen LogP contribution >= 0.6 is 0 Å². The van der Waals surface area contributed by atoms with Crippen molar-refractivity contribution in [3.05, 3.63) is 59.2 Å². The summed E-state index contributed by atoms with van der Waals surface area (Å²) in [5, 5.41) is 0. The lowest BCUT2D eigenvalue weighted by Crippen LogP contribution is -1.96. The molecule has 0 aliphatic carbocycles. The van der Waals surface area contributed by atoms with Gasteiger partial charge in [0.05, 0.1) is 19.8 Å². The second-order valence-corrected chi connectivity index (χ2v) is 4.47.